The normalized spacial score (nSPS) is 27.1. The van der Waals surface area contributed by atoms with Crippen LogP contribution in [0.25, 0.3) is 0 Å². The molecule has 2 rings (SSSR count). The van der Waals surface area contributed by atoms with Crippen molar-refractivity contribution in [3.63, 3.8) is 0 Å². The Morgan fingerprint density at radius 3 is 1.39 bits per heavy atom. The number of aliphatic hydroxyl groups excluding tert-OH is 1. The monoisotopic (exact) mass is 368 g/mol. The van der Waals surface area contributed by atoms with Gasteiger partial charge in [-0.05, 0) is 0 Å². The van der Waals surface area contributed by atoms with Crippen molar-refractivity contribution in [2.75, 3.05) is 33.0 Å². The second-order valence-electron chi connectivity index (χ2n) is 8.61. The van der Waals surface area contributed by atoms with Crippen LogP contribution in [0.5, 0.6) is 0 Å². The maximum absolute atomic E-state index is 11.5. The molecule has 6 nitrogen and oxygen atoms in total. The Hall–Kier alpha value is 0.620. The molecule has 2 saturated heterocycles. The first-order valence-electron chi connectivity index (χ1n) is 7.89. The standard InChI is InChI=1S/C15H30O6P2/c1-12(2)8-18-22(19-9-12)15(17,14(5,6)7-16)23-20-10-13(3,4)11-21-23/h16-17H,7-11H2,1-6H3. The summed E-state index contributed by atoms with van der Waals surface area (Å²) in [4.78, 5) is 0. The van der Waals surface area contributed by atoms with E-state index in [4.69, 9.17) is 18.1 Å². The lowest BCUT2D eigenvalue weighted by atomic mass is 9.95. The van der Waals surface area contributed by atoms with Crippen molar-refractivity contribution in [2.24, 2.45) is 16.2 Å². The Bertz CT molecular complexity index is 378. The number of aliphatic hydroxyl groups is 2. The van der Waals surface area contributed by atoms with Crippen LogP contribution in [0.2, 0.25) is 0 Å². The van der Waals surface area contributed by atoms with Crippen LogP contribution < -0.4 is 0 Å². The third-order valence-electron chi connectivity index (χ3n) is 4.10. The Balaban J connectivity index is 2.24. The smallest absolute Gasteiger partial charge is 0.215 e. The third-order valence-corrected chi connectivity index (χ3v) is 8.77. The first-order chi connectivity index (χ1) is 10.4. The van der Waals surface area contributed by atoms with Gasteiger partial charge in [-0.3, -0.25) is 0 Å². The lowest BCUT2D eigenvalue weighted by Crippen LogP contribution is -2.49. The zero-order chi connectivity index (χ0) is 17.5. The van der Waals surface area contributed by atoms with E-state index < -0.39 is 27.2 Å². The van der Waals surface area contributed by atoms with Gasteiger partial charge in [0.05, 0.1) is 33.0 Å². The van der Waals surface area contributed by atoms with E-state index in [0.717, 1.165) is 0 Å². The van der Waals surface area contributed by atoms with Crippen molar-refractivity contribution >= 4 is 16.8 Å². The summed E-state index contributed by atoms with van der Waals surface area (Å²) < 4.78 is 23.6. The fourth-order valence-corrected chi connectivity index (χ4v) is 7.21. The Labute approximate surface area is 141 Å². The van der Waals surface area contributed by atoms with Crippen LogP contribution in [-0.2, 0) is 18.1 Å². The van der Waals surface area contributed by atoms with Crippen molar-refractivity contribution in [1.82, 2.24) is 0 Å². The van der Waals surface area contributed by atoms with Crippen molar-refractivity contribution in [3.8, 4) is 0 Å². The van der Waals surface area contributed by atoms with E-state index in [0.29, 0.717) is 26.4 Å². The molecule has 0 aromatic carbocycles. The summed E-state index contributed by atoms with van der Waals surface area (Å²) in [5.41, 5.74) is -1.05. The van der Waals surface area contributed by atoms with Gasteiger partial charge in [-0.2, -0.15) is 0 Å². The second kappa shape index (κ2) is 6.74. The van der Waals surface area contributed by atoms with E-state index in [1.54, 1.807) is 13.8 Å². The molecule has 0 unspecified atom stereocenters. The molecule has 2 heterocycles. The topological polar surface area (TPSA) is 77.4 Å². The summed E-state index contributed by atoms with van der Waals surface area (Å²) in [6.45, 7) is 13.6. The summed E-state index contributed by atoms with van der Waals surface area (Å²) in [7, 11) is -3.30. The van der Waals surface area contributed by atoms with Crippen LogP contribution in [0.1, 0.15) is 41.5 Å². The van der Waals surface area contributed by atoms with Crippen LogP contribution in [0.4, 0.5) is 0 Å². The van der Waals surface area contributed by atoms with Gasteiger partial charge in [0, 0.05) is 16.2 Å². The van der Waals surface area contributed by atoms with Gasteiger partial charge in [0.25, 0.3) is 0 Å². The van der Waals surface area contributed by atoms with Gasteiger partial charge in [0.15, 0.2) is 0 Å². The van der Waals surface area contributed by atoms with Gasteiger partial charge in [0.1, 0.15) is 0 Å². The van der Waals surface area contributed by atoms with Crippen LogP contribution in [-0.4, -0.2) is 48.3 Å². The predicted molar refractivity (Wildman–Crippen MR) is 91.0 cm³/mol. The molecular weight excluding hydrogens is 338 g/mol. The highest BCUT2D eigenvalue weighted by molar-refractivity contribution is 7.67. The molecule has 2 fully saturated rings. The minimum absolute atomic E-state index is 0.0906. The first kappa shape index (κ1) is 19.9. The Kier molecular flexibility index (Phi) is 5.84. The van der Waals surface area contributed by atoms with E-state index in [1.807, 2.05) is 0 Å². The van der Waals surface area contributed by atoms with Crippen molar-refractivity contribution in [1.29, 1.82) is 0 Å². The maximum Gasteiger partial charge on any atom is 0.215 e. The Morgan fingerprint density at radius 2 is 1.13 bits per heavy atom. The molecule has 2 aliphatic heterocycles. The van der Waals surface area contributed by atoms with Gasteiger partial charge in [-0.25, -0.2) is 0 Å². The quantitative estimate of drug-likeness (QED) is 0.741. The molecule has 2 N–H and O–H groups in total. The lowest BCUT2D eigenvalue weighted by Gasteiger charge is -2.51. The van der Waals surface area contributed by atoms with E-state index in [9.17, 15) is 10.2 Å². The molecule has 8 heteroatoms. The van der Waals surface area contributed by atoms with E-state index >= 15 is 0 Å². The molecule has 136 valence electrons. The molecular formula is C15H30O6P2. The highest BCUT2D eigenvalue weighted by atomic mass is 31.2. The van der Waals surface area contributed by atoms with Crippen LogP contribution in [0.3, 0.4) is 0 Å². The molecule has 0 aromatic heterocycles. The third kappa shape index (κ3) is 4.07. The summed E-state index contributed by atoms with van der Waals surface area (Å²) in [5.74, 6) is 0. The SMILES string of the molecule is CC1(C)COP(C(O)(P2OCC(C)(C)CO2)C(C)(C)CO)OC1. The fourth-order valence-electron chi connectivity index (χ4n) is 2.12. The molecule has 0 saturated carbocycles. The lowest BCUT2D eigenvalue weighted by molar-refractivity contribution is -0.0374. The molecule has 0 radical (unpaired) electrons. The van der Waals surface area contributed by atoms with Gasteiger partial charge in [-0.1, -0.05) is 41.5 Å². The van der Waals surface area contributed by atoms with Crippen molar-refractivity contribution in [3.05, 3.63) is 0 Å². The molecule has 0 spiro atoms. The number of hydrogen-bond donors (Lipinski definition) is 2. The minimum atomic E-state index is -1.65. The van der Waals surface area contributed by atoms with Crippen LogP contribution in [0, 0.1) is 16.2 Å². The average molecular weight is 368 g/mol. The molecule has 0 amide bonds. The Morgan fingerprint density at radius 1 is 0.826 bits per heavy atom. The minimum Gasteiger partial charge on any atom is -0.396 e. The van der Waals surface area contributed by atoms with Crippen LogP contribution in [0.15, 0.2) is 0 Å². The fraction of sp³-hybridized carbons (Fsp3) is 1.00. The van der Waals surface area contributed by atoms with Crippen LogP contribution >= 0.6 is 16.8 Å². The molecule has 2 aliphatic rings. The summed E-state index contributed by atoms with van der Waals surface area (Å²) in [5, 5.41) is 19.9. The van der Waals surface area contributed by atoms with Gasteiger partial charge in [0.2, 0.25) is 21.8 Å². The van der Waals surface area contributed by atoms with Crippen molar-refractivity contribution < 1.29 is 28.3 Å². The maximum atomic E-state index is 11.5. The zero-order valence-electron chi connectivity index (χ0n) is 15.0. The first-order valence-corrected chi connectivity index (χ1v) is 10.2. The molecule has 0 bridgehead atoms. The van der Waals surface area contributed by atoms with Gasteiger partial charge < -0.3 is 28.3 Å². The zero-order valence-corrected chi connectivity index (χ0v) is 16.7. The molecule has 0 aromatic rings. The number of hydrogen-bond acceptors (Lipinski definition) is 6. The van der Waals surface area contributed by atoms with E-state index in [1.165, 1.54) is 0 Å². The predicted octanol–water partition coefficient (Wildman–Crippen LogP) is 3.42. The summed E-state index contributed by atoms with van der Waals surface area (Å²) in [6.07, 6.45) is 0. The number of rotatable bonds is 4. The largest absolute Gasteiger partial charge is 0.396 e. The highest BCUT2D eigenvalue weighted by Gasteiger charge is 2.62. The average Bonchev–Trinajstić information content (AvgIpc) is 2.46. The summed E-state index contributed by atoms with van der Waals surface area (Å²) in [6, 6.07) is 0. The van der Waals surface area contributed by atoms with Crippen molar-refractivity contribution in [2.45, 2.75) is 46.6 Å². The van der Waals surface area contributed by atoms with E-state index in [-0.39, 0.29) is 17.4 Å². The molecule has 23 heavy (non-hydrogen) atoms. The summed E-state index contributed by atoms with van der Waals surface area (Å²) >= 11 is 0. The van der Waals surface area contributed by atoms with E-state index in [2.05, 4.69) is 27.7 Å². The highest BCUT2D eigenvalue weighted by Crippen LogP contribution is 2.75. The molecule has 0 atom stereocenters. The van der Waals surface area contributed by atoms with Gasteiger partial charge >= 0.3 is 0 Å². The molecule has 0 aliphatic carbocycles. The van der Waals surface area contributed by atoms with Gasteiger partial charge in [-0.15, -0.1) is 0 Å². The second-order valence-corrected chi connectivity index (χ2v) is 12.3.